The van der Waals surface area contributed by atoms with Crippen LogP contribution in [0, 0.1) is 11.7 Å². The number of para-hydroxylation sites is 1. The van der Waals surface area contributed by atoms with Crippen LogP contribution in [0.15, 0.2) is 60.7 Å². The summed E-state index contributed by atoms with van der Waals surface area (Å²) in [5.74, 6) is -0.229. The van der Waals surface area contributed by atoms with Gasteiger partial charge < -0.3 is 19.1 Å². The van der Waals surface area contributed by atoms with Crippen LogP contribution in [0.5, 0.6) is 17.2 Å². The van der Waals surface area contributed by atoms with Crippen molar-refractivity contribution in [3.63, 3.8) is 0 Å². The van der Waals surface area contributed by atoms with E-state index in [1.54, 1.807) is 60.5 Å². The van der Waals surface area contributed by atoms with Crippen molar-refractivity contribution in [2.75, 3.05) is 31.1 Å². The highest BCUT2D eigenvalue weighted by molar-refractivity contribution is 6.31. The Morgan fingerprint density at radius 3 is 2.53 bits per heavy atom. The molecule has 0 bridgehead atoms. The first kappa shape index (κ1) is 25.1. The number of halogens is 2. The summed E-state index contributed by atoms with van der Waals surface area (Å²) in [4.78, 5) is 27.0. The molecule has 10 heteroatoms. The molecule has 0 saturated carbocycles. The second-order valence-corrected chi connectivity index (χ2v) is 8.45. The van der Waals surface area contributed by atoms with Crippen LogP contribution in [0.1, 0.15) is 12.0 Å². The van der Waals surface area contributed by atoms with E-state index in [0.717, 1.165) is 0 Å². The van der Waals surface area contributed by atoms with Crippen molar-refractivity contribution in [1.29, 1.82) is 0 Å². The molecular weight excluding hydrogens is 489 g/mol. The van der Waals surface area contributed by atoms with Gasteiger partial charge in [-0.25, -0.2) is 4.39 Å². The lowest BCUT2D eigenvalue weighted by atomic mass is 10.1. The van der Waals surface area contributed by atoms with Crippen LogP contribution in [0.3, 0.4) is 0 Å². The van der Waals surface area contributed by atoms with Gasteiger partial charge in [0.1, 0.15) is 18.2 Å². The van der Waals surface area contributed by atoms with Gasteiger partial charge in [0.2, 0.25) is 11.8 Å². The maximum Gasteiger partial charge on any atom is 0.243 e. The first-order chi connectivity index (χ1) is 17.4. The van der Waals surface area contributed by atoms with Gasteiger partial charge >= 0.3 is 0 Å². The number of hydrazine groups is 1. The number of nitrogens with zero attached hydrogens (tertiary/aromatic N) is 1. The van der Waals surface area contributed by atoms with Crippen molar-refractivity contribution in [3.05, 3.63) is 77.1 Å². The molecule has 2 N–H and O–H groups in total. The minimum absolute atomic E-state index is 0.0762. The maximum atomic E-state index is 14.2. The second-order valence-electron chi connectivity index (χ2n) is 8.04. The van der Waals surface area contributed by atoms with Crippen LogP contribution < -0.4 is 30.0 Å². The molecule has 0 spiro atoms. The van der Waals surface area contributed by atoms with E-state index in [4.69, 9.17) is 25.8 Å². The van der Waals surface area contributed by atoms with Crippen molar-refractivity contribution >= 4 is 34.8 Å². The molecule has 188 valence electrons. The van der Waals surface area contributed by atoms with Crippen molar-refractivity contribution in [1.82, 2.24) is 5.43 Å². The molecule has 1 fully saturated rings. The zero-order valence-electron chi connectivity index (χ0n) is 19.7. The van der Waals surface area contributed by atoms with E-state index in [2.05, 4.69) is 10.9 Å². The highest BCUT2D eigenvalue weighted by Crippen LogP contribution is 2.36. The fraction of sp³-hybridized carbons (Fsp3) is 0.231. The summed E-state index contributed by atoms with van der Waals surface area (Å²) in [6.07, 6.45) is 0.0762. The van der Waals surface area contributed by atoms with E-state index >= 15 is 0 Å². The lowest BCUT2D eigenvalue weighted by Crippen LogP contribution is -2.36. The lowest BCUT2D eigenvalue weighted by Gasteiger charge is -2.19. The Labute approximate surface area is 212 Å². The van der Waals surface area contributed by atoms with Gasteiger partial charge in [-0.1, -0.05) is 23.7 Å². The molecule has 0 aromatic heterocycles. The van der Waals surface area contributed by atoms with Gasteiger partial charge in [-0.3, -0.25) is 20.4 Å². The molecule has 3 aromatic carbocycles. The number of hydrogen-bond donors (Lipinski definition) is 2. The molecule has 1 aliphatic rings. The average Bonchev–Trinajstić information content (AvgIpc) is 3.28. The third kappa shape index (κ3) is 5.46. The molecule has 2 amide bonds. The van der Waals surface area contributed by atoms with Crippen LogP contribution in [0.2, 0.25) is 5.02 Å². The number of amides is 2. The quantitative estimate of drug-likeness (QED) is 0.407. The van der Waals surface area contributed by atoms with E-state index in [1.165, 1.54) is 19.2 Å². The zero-order chi connectivity index (χ0) is 25.7. The average molecular weight is 514 g/mol. The normalized spacial score (nSPS) is 14.9. The number of hydrogen-bond acceptors (Lipinski definition) is 6. The van der Waals surface area contributed by atoms with Gasteiger partial charge in [0.15, 0.2) is 11.5 Å². The molecule has 0 unspecified atom stereocenters. The molecule has 0 radical (unpaired) electrons. The van der Waals surface area contributed by atoms with Gasteiger partial charge in [-0.05, 0) is 48.5 Å². The van der Waals surface area contributed by atoms with Crippen molar-refractivity contribution in [2.45, 2.75) is 13.0 Å². The van der Waals surface area contributed by atoms with Crippen LogP contribution in [-0.4, -0.2) is 32.6 Å². The van der Waals surface area contributed by atoms with Gasteiger partial charge in [-0.2, -0.15) is 0 Å². The Kier molecular flexibility index (Phi) is 7.80. The van der Waals surface area contributed by atoms with Gasteiger partial charge in [-0.15, -0.1) is 0 Å². The fourth-order valence-electron chi connectivity index (χ4n) is 3.86. The van der Waals surface area contributed by atoms with Crippen LogP contribution >= 0.6 is 11.6 Å². The third-order valence-electron chi connectivity index (χ3n) is 5.82. The highest BCUT2D eigenvalue weighted by Gasteiger charge is 2.35. The highest BCUT2D eigenvalue weighted by atomic mass is 35.5. The summed E-state index contributed by atoms with van der Waals surface area (Å²) in [6, 6.07) is 16.5. The van der Waals surface area contributed by atoms with Gasteiger partial charge in [0, 0.05) is 24.2 Å². The smallest absolute Gasteiger partial charge is 0.243 e. The summed E-state index contributed by atoms with van der Waals surface area (Å²) in [7, 11) is 3.04. The zero-order valence-corrected chi connectivity index (χ0v) is 20.5. The van der Waals surface area contributed by atoms with Crippen LogP contribution in [0.4, 0.5) is 15.8 Å². The SMILES string of the molecule is COc1ccc(N2C[C@@H](C(=O)NNc3cccc(OC)c3OCc3c(F)cccc3Cl)CC2=O)cc1. The van der Waals surface area contributed by atoms with E-state index in [-0.39, 0.29) is 47.7 Å². The topological polar surface area (TPSA) is 89.1 Å². The number of carbonyl (C=O) groups excluding carboxylic acids is 2. The Morgan fingerprint density at radius 1 is 1.08 bits per heavy atom. The number of ether oxygens (including phenoxy) is 3. The summed E-state index contributed by atoms with van der Waals surface area (Å²) >= 11 is 6.11. The van der Waals surface area contributed by atoms with Crippen molar-refractivity contribution < 1.29 is 28.2 Å². The number of methoxy groups -OCH3 is 2. The van der Waals surface area contributed by atoms with Crippen LogP contribution in [0.25, 0.3) is 0 Å². The van der Waals surface area contributed by atoms with Crippen molar-refractivity contribution in [3.8, 4) is 17.2 Å². The first-order valence-corrected chi connectivity index (χ1v) is 11.5. The summed E-state index contributed by atoms with van der Waals surface area (Å²) in [5.41, 5.74) is 6.76. The molecule has 3 aromatic rings. The van der Waals surface area contributed by atoms with E-state index in [0.29, 0.717) is 22.9 Å². The Hall–Kier alpha value is -3.98. The number of nitrogens with one attached hydrogen (secondary N) is 2. The molecule has 0 aliphatic carbocycles. The second kappa shape index (κ2) is 11.2. The predicted molar refractivity (Wildman–Crippen MR) is 134 cm³/mol. The minimum Gasteiger partial charge on any atom is -0.497 e. The fourth-order valence-corrected chi connectivity index (χ4v) is 4.08. The standard InChI is InChI=1S/C26H25ClFN3O5/c1-34-18-11-9-17(10-12-18)31-14-16(13-24(31)32)26(33)30-29-22-7-4-8-23(35-2)25(22)36-15-19-20(27)5-3-6-21(19)28/h3-12,16,29H,13-15H2,1-2H3,(H,30,33)/t16-/m0/s1. The Balaban J connectivity index is 1.42. The predicted octanol–water partition coefficient (Wildman–Crippen LogP) is 4.57. The largest absolute Gasteiger partial charge is 0.497 e. The van der Waals surface area contributed by atoms with Crippen LogP contribution in [-0.2, 0) is 16.2 Å². The molecule has 1 heterocycles. The molecule has 36 heavy (non-hydrogen) atoms. The Morgan fingerprint density at radius 2 is 1.83 bits per heavy atom. The monoisotopic (exact) mass is 513 g/mol. The molecule has 8 nitrogen and oxygen atoms in total. The summed E-state index contributed by atoms with van der Waals surface area (Å²) < 4.78 is 30.5. The Bertz CT molecular complexity index is 1230. The number of rotatable bonds is 9. The molecular formula is C26H25ClFN3O5. The van der Waals surface area contributed by atoms with Crippen molar-refractivity contribution in [2.24, 2.45) is 5.92 Å². The summed E-state index contributed by atoms with van der Waals surface area (Å²) in [6.45, 7) is 0.0916. The van der Waals surface area contributed by atoms with E-state index in [1.807, 2.05) is 0 Å². The summed E-state index contributed by atoms with van der Waals surface area (Å²) in [5, 5.41) is 0.236. The van der Waals surface area contributed by atoms with Gasteiger partial charge in [0.25, 0.3) is 0 Å². The van der Waals surface area contributed by atoms with E-state index < -0.39 is 11.7 Å². The number of benzene rings is 3. The van der Waals surface area contributed by atoms with E-state index in [9.17, 15) is 14.0 Å². The number of anilines is 2. The third-order valence-corrected chi connectivity index (χ3v) is 6.18. The molecule has 1 aliphatic heterocycles. The minimum atomic E-state index is -0.556. The molecule has 1 saturated heterocycles. The maximum absolute atomic E-state index is 14.2. The number of carbonyl (C=O) groups is 2. The van der Waals surface area contributed by atoms with Gasteiger partial charge in [0.05, 0.1) is 30.8 Å². The molecule has 4 rings (SSSR count). The lowest BCUT2D eigenvalue weighted by molar-refractivity contribution is -0.125. The first-order valence-electron chi connectivity index (χ1n) is 11.1. The molecule has 1 atom stereocenters.